The molecular formula is C43H67NO10S2. The summed E-state index contributed by atoms with van der Waals surface area (Å²) in [4.78, 5) is 30.6. The average Bonchev–Trinajstić information content (AvgIpc) is 3.74. The molecule has 0 aromatic rings. The molecule has 0 aromatic heterocycles. The third-order valence-corrected chi connectivity index (χ3v) is 14.8. The summed E-state index contributed by atoms with van der Waals surface area (Å²) in [5, 5.41) is 0. The van der Waals surface area contributed by atoms with Crippen molar-refractivity contribution in [1.29, 1.82) is 0 Å². The van der Waals surface area contributed by atoms with Crippen molar-refractivity contribution in [2.24, 2.45) is 35.5 Å². The highest BCUT2D eigenvalue weighted by molar-refractivity contribution is 8.22. The van der Waals surface area contributed by atoms with Crippen LogP contribution in [-0.4, -0.2) is 123 Å². The van der Waals surface area contributed by atoms with Gasteiger partial charge in [-0.2, -0.15) is 0 Å². The zero-order valence-electron chi connectivity index (χ0n) is 35.2. The maximum Gasteiger partial charge on any atom is 0.306 e. The number of ether oxygens (including phenoxy) is 8. The SMILES string of the molecule is CC[C@@H]1CCC[C@H](O[C@H]2CC[C@H](N(C)C)[C@@H](C)O2)[C@H](C)C(=O)C2=C[C@@H]3[C@@H](C=C(C)[C@@H]4C[C@@H](O[C@@H]5O[C@@H](C)[C@H](OC)[C@@H](OC(=S)SC)[C@H]5OC)C[C@@H]34)[C@@H]2CC(=O)O1. The van der Waals surface area contributed by atoms with Crippen LogP contribution in [0, 0.1) is 35.5 Å². The Kier molecular flexibility index (Phi) is 15.2. The molecule has 11 nitrogen and oxygen atoms in total. The van der Waals surface area contributed by atoms with Crippen LogP contribution in [0.2, 0.25) is 0 Å². The number of nitrogens with zero attached hydrogens (tertiary/aromatic N) is 1. The Bertz CT molecular complexity index is 1460. The molecule has 4 fully saturated rings. The molecule has 6 aliphatic rings. The van der Waals surface area contributed by atoms with Crippen LogP contribution < -0.4 is 0 Å². The second kappa shape index (κ2) is 19.3. The number of fused-ring (bicyclic) bond motifs is 5. The average molecular weight is 822 g/mol. The lowest BCUT2D eigenvalue weighted by molar-refractivity contribution is -0.308. The second-order valence-electron chi connectivity index (χ2n) is 17.3. The van der Waals surface area contributed by atoms with Crippen molar-refractivity contribution in [2.45, 2.75) is 160 Å². The number of carbonyl (C=O) groups is 2. The summed E-state index contributed by atoms with van der Waals surface area (Å²) < 4.78 is 50.8. The summed E-state index contributed by atoms with van der Waals surface area (Å²) in [6, 6.07) is 0.330. The monoisotopic (exact) mass is 821 g/mol. The van der Waals surface area contributed by atoms with Crippen LogP contribution in [0.15, 0.2) is 23.3 Å². The van der Waals surface area contributed by atoms with Gasteiger partial charge in [-0.05, 0) is 134 Å². The van der Waals surface area contributed by atoms with Crippen molar-refractivity contribution < 1.29 is 47.5 Å². The summed E-state index contributed by atoms with van der Waals surface area (Å²) in [7, 11) is 7.45. The molecule has 0 N–H and O–H groups in total. The van der Waals surface area contributed by atoms with E-state index in [4.69, 9.17) is 50.1 Å². The predicted molar refractivity (Wildman–Crippen MR) is 219 cm³/mol. The van der Waals surface area contributed by atoms with Gasteiger partial charge in [0.15, 0.2) is 24.5 Å². The molecule has 17 atom stereocenters. The Morgan fingerprint density at radius 2 is 1.66 bits per heavy atom. The molecule has 1 saturated carbocycles. The van der Waals surface area contributed by atoms with Gasteiger partial charge in [-0.25, -0.2) is 0 Å². The maximum atomic E-state index is 14.8. The number of allylic oxidation sites excluding steroid dienone is 4. The number of ketones is 1. The molecule has 3 heterocycles. The highest BCUT2D eigenvalue weighted by atomic mass is 32.2. The lowest BCUT2D eigenvalue weighted by Gasteiger charge is -2.44. The summed E-state index contributed by atoms with van der Waals surface area (Å²) >= 11 is 6.80. The molecular weight excluding hydrogens is 755 g/mol. The van der Waals surface area contributed by atoms with Crippen molar-refractivity contribution in [3.05, 3.63) is 23.3 Å². The van der Waals surface area contributed by atoms with Gasteiger partial charge in [0.2, 0.25) is 4.38 Å². The number of hydrogen-bond acceptors (Lipinski definition) is 13. The number of Topliss-reactive ketones (excluding diaryl/α,β-unsaturated/α-hetero) is 1. The van der Waals surface area contributed by atoms with E-state index in [1.807, 2.05) is 20.1 Å². The second-order valence-corrected chi connectivity index (χ2v) is 18.7. The number of likely N-dealkylation sites (N-methyl/N-ethyl adjacent to an activating group) is 1. The van der Waals surface area contributed by atoms with Crippen molar-refractivity contribution in [3.63, 3.8) is 0 Å². The third kappa shape index (κ3) is 9.46. The fraction of sp³-hybridized carbons (Fsp3) is 0.837. The van der Waals surface area contributed by atoms with Gasteiger partial charge in [-0.3, -0.25) is 9.59 Å². The Hall–Kier alpha value is -1.42. The summed E-state index contributed by atoms with van der Waals surface area (Å²) in [5.41, 5.74) is 2.04. The lowest BCUT2D eigenvalue weighted by atomic mass is 9.67. The van der Waals surface area contributed by atoms with Gasteiger partial charge >= 0.3 is 5.97 Å². The molecule has 56 heavy (non-hydrogen) atoms. The van der Waals surface area contributed by atoms with E-state index in [1.165, 1.54) is 17.3 Å². The maximum absolute atomic E-state index is 14.8. The van der Waals surface area contributed by atoms with Crippen LogP contribution in [0.25, 0.3) is 0 Å². The molecule has 316 valence electrons. The Morgan fingerprint density at radius 3 is 2.32 bits per heavy atom. The fourth-order valence-electron chi connectivity index (χ4n) is 10.8. The first kappa shape index (κ1) is 44.1. The number of esters is 1. The summed E-state index contributed by atoms with van der Waals surface area (Å²) in [5.74, 6) is -0.147. The zero-order chi connectivity index (χ0) is 40.4. The van der Waals surface area contributed by atoms with Gasteiger partial charge < -0.3 is 42.8 Å². The number of methoxy groups -OCH3 is 2. The first-order valence-electron chi connectivity index (χ1n) is 21.0. The summed E-state index contributed by atoms with van der Waals surface area (Å²) in [6.45, 7) is 10.3. The van der Waals surface area contributed by atoms with E-state index in [1.54, 1.807) is 14.2 Å². The van der Waals surface area contributed by atoms with Crippen LogP contribution in [0.3, 0.4) is 0 Å². The van der Waals surface area contributed by atoms with E-state index in [2.05, 4.69) is 51.9 Å². The van der Waals surface area contributed by atoms with Crippen LogP contribution in [-0.2, 0) is 47.5 Å². The van der Waals surface area contributed by atoms with Gasteiger partial charge in [-0.15, -0.1) is 0 Å². The minimum absolute atomic E-state index is 0.0204. The Morgan fingerprint density at radius 1 is 0.911 bits per heavy atom. The van der Waals surface area contributed by atoms with E-state index < -0.39 is 18.5 Å². The molecule has 3 aliphatic carbocycles. The smallest absolute Gasteiger partial charge is 0.306 e. The number of hydrogen-bond donors (Lipinski definition) is 0. The van der Waals surface area contributed by atoms with Gasteiger partial charge in [0.05, 0.1) is 30.8 Å². The standard InChI is InChI=1S/C43H67NO10S2/c1-11-26-13-12-14-35(53-37-16-15-34(44(6)7)24(4)49-37)23(3)38(46)33-20-31-29(32(33)21-36(45)51-26)17-22(2)28-18-27(19-30(28)31)52-42-41(48-9)40(54-43(55)56-10)39(47-8)25(5)50-42/h17,20,23-32,34-35,37,39-42H,11-16,18-19,21H2,1-10H3/t23-,24+,25-,26+,27+,28-,29+,30+,31+,32-,34-,35-,37-,39-,40+,41+,42-/m0/s1. The lowest BCUT2D eigenvalue weighted by Crippen LogP contribution is -2.60. The van der Waals surface area contributed by atoms with Crippen LogP contribution in [0.1, 0.15) is 92.4 Å². The first-order valence-corrected chi connectivity index (χ1v) is 22.6. The molecule has 3 saturated heterocycles. The molecule has 0 aromatic carbocycles. The Labute approximate surface area is 344 Å². The van der Waals surface area contributed by atoms with Crippen LogP contribution >= 0.6 is 24.0 Å². The molecule has 0 unspecified atom stereocenters. The number of cyclic esters (lactones) is 1. The Balaban J connectivity index is 1.23. The minimum atomic E-state index is -0.677. The largest absolute Gasteiger partial charge is 0.469 e. The molecule has 0 bridgehead atoms. The molecule has 0 amide bonds. The molecule has 0 radical (unpaired) electrons. The predicted octanol–water partition coefficient (Wildman–Crippen LogP) is 6.90. The molecule has 13 heteroatoms. The minimum Gasteiger partial charge on any atom is -0.469 e. The fourth-order valence-corrected chi connectivity index (χ4v) is 11.1. The molecule has 6 rings (SSSR count). The number of thioether (sulfide) groups is 1. The molecule has 3 aliphatic heterocycles. The van der Waals surface area contributed by atoms with Gasteiger partial charge in [-0.1, -0.05) is 43.3 Å². The van der Waals surface area contributed by atoms with E-state index in [0.717, 1.165) is 50.5 Å². The van der Waals surface area contributed by atoms with Crippen molar-refractivity contribution >= 4 is 40.1 Å². The zero-order valence-corrected chi connectivity index (χ0v) is 36.8. The summed E-state index contributed by atoms with van der Waals surface area (Å²) in [6.07, 6.45) is 9.69. The number of rotatable bonds is 9. The normalized spacial score (nSPS) is 43.4. The van der Waals surface area contributed by atoms with E-state index >= 15 is 0 Å². The van der Waals surface area contributed by atoms with Gasteiger partial charge in [0.1, 0.15) is 18.3 Å². The number of carbonyl (C=O) groups excluding carboxylic acids is 2. The van der Waals surface area contributed by atoms with E-state index in [-0.39, 0.29) is 96.6 Å². The van der Waals surface area contributed by atoms with E-state index in [0.29, 0.717) is 16.8 Å². The van der Waals surface area contributed by atoms with Crippen LogP contribution in [0.5, 0.6) is 0 Å². The van der Waals surface area contributed by atoms with E-state index in [9.17, 15) is 9.59 Å². The number of thiocarbonyl (C=S) groups is 1. The third-order valence-electron chi connectivity index (χ3n) is 13.8. The van der Waals surface area contributed by atoms with Crippen LogP contribution in [0.4, 0.5) is 0 Å². The topological polar surface area (TPSA) is 111 Å². The highest BCUT2D eigenvalue weighted by Gasteiger charge is 2.54. The first-order chi connectivity index (χ1) is 26.8. The van der Waals surface area contributed by atoms with Crippen molar-refractivity contribution in [2.75, 3.05) is 34.6 Å². The van der Waals surface area contributed by atoms with Crippen molar-refractivity contribution in [3.8, 4) is 0 Å². The van der Waals surface area contributed by atoms with Gasteiger partial charge in [0, 0.05) is 32.1 Å². The quantitative estimate of drug-likeness (QED) is 0.137. The van der Waals surface area contributed by atoms with Gasteiger partial charge in [0.25, 0.3) is 0 Å². The molecule has 0 spiro atoms. The van der Waals surface area contributed by atoms with Crippen molar-refractivity contribution in [1.82, 2.24) is 4.90 Å². The highest BCUT2D eigenvalue weighted by Crippen LogP contribution is 2.56.